The van der Waals surface area contributed by atoms with Crippen LogP contribution in [0.1, 0.15) is 30.5 Å². The summed E-state index contributed by atoms with van der Waals surface area (Å²) in [4.78, 5) is 4.11. The Hall–Kier alpha value is -1.94. The molecule has 0 aliphatic carbocycles. The number of hydrogen-bond acceptors (Lipinski definition) is 3. The first-order valence-electron chi connectivity index (χ1n) is 7.20. The number of nitrogens with zero attached hydrogens (tertiary/aromatic N) is 1. The molecule has 4 heteroatoms. The molecule has 112 valence electrons. The lowest BCUT2D eigenvalue weighted by Crippen LogP contribution is -2.22. The first kappa shape index (κ1) is 15.4. The van der Waals surface area contributed by atoms with Gasteiger partial charge < -0.3 is 10.1 Å². The minimum atomic E-state index is -0.230. The maximum atomic E-state index is 14.2. The molecule has 1 unspecified atom stereocenters. The molecule has 3 nitrogen and oxygen atoms in total. The molecule has 0 aliphatic rings. The average Bonchev–Trinajstić information content (AvgIpc) is 2.52. The molecule has 2 aromatic rings. The summed E-state index contributed by atoms with van der Waals surface area (Å²) in [6.45, 7) is 2.82. The minimum absolute atomic E-state index is 0.0129. The van der Waals surface area contributed by atoms with Crippen molar-refractivity contribution in [3.8, 4) is 5.75 Å². The van der Waals surface area contributed by atoms with Gasteiger partial charge in [0, 0.05) is 30.1 Å². The quantitative estimate of drug-likeness (QED) is 0.846. The van der Waals surface area contributed by atoms with E-state index in [-0.39, 0.29) is 11.9 Å². The summed E-state index contributed by atoms with van der Waals surface area (Å²) in [7, 11) is 1.54. The summed E-state index contributed by atoms with van der Waals surface area (Å²) in [5.41, 5.74) is 1.84. The molecule has 0 radical (unpaired) electrons. The van der Waals surface area contributed by atoms with Gasteiger partial charge in [0.1, 0.15) is 11.6 Å². The average molecular weight is 288 g/mol. The van der Waals surface area contributed by atoms with E-state index in [0.717, 1.165) is 24.9 Å². The fraction of sp³-hybridized carbons (Fsp3) is 0.353. The van der Waals surface area contributed by atoms with E-state index in [9.17, 15) is 4.39 Å². The van der Waals surface area contributed by atoms with Gasteiger partial charge in [0.05, 0.1) is 7.11 Å². The molecular weight excluding hydrogens is 267 g/mol. The molecule has 1 aromatic heterocycles. The maximum absolute atomic E-state index is 14.2. The summed E-state index contributed by atoms with van der Waals surface area (Å²) in [6, 6.07) is 8.98. The number of rotatable bonds is 7. The summed E-state index contributed by atoms with van der Waals surface area (Å²) >= 11 is 0. The number of ether oxygens (including phenoxy) is 1. The lowest BCUT2D eigenvalue weighted by atomic mass is 9.99. The van der Waals surface area contributed by atoms with Gasteiger partial charge in [-0.2, -0.15) is 0 Å². The van der Waals surface area contributed by atoms with E-state index >= 15 is 0 Å². The molecule has 1 N–H and O–H groups in total. The summed E-state index contributed by atoms with van der Waals surface area (Å²) in [5, 5.41) is 3.35. The van der Waals surface area contributed by atoms with E-state index in [4.69, 9.17) is 4.74 Å². The van der Waals surface area contributed by atoms with Crippen LogP contribution >= 0.6 is 0 Å². The number of halogens is 1. The number of pyridine rings is 1. The van der Waals surface area contributed by atoms with Crippen molar-refractivity contribution in [2.75, 3.05) is 13.7 Å². The Bertz CT molecular complexity index is 560. The minimum Gasteiger partial charge on any atom is -0.497 e. The third kappa shape index (κ3) is 4.26. The van der Waals surface area contributed by atoms with Gasteiger partial charge in [-0.05, 0) is 37.1 Å². The molecule has 1 aromatic carbocycles. The molecule has 0 spiro atoms. The predicted molar refractivity (Wildman–Crippen MR) is 81.9 cm³/mol. The van der Waals surface area contributed by atoms with Crippen LogP contribution in [0.2, 0.25) is 0 Å². The van der Waals surface area contributed by atoms with Crippen LogP contribution in [0.3, 0.4) is 0 Å². The Kier molecular flexibility index (Phi) is 5.69. The first-order valence-corrected chi connectivity index (χ1v) is 7.20. The van der Waals surface area contributed by atoms with Crippen molar-refractivity contribution in [1.29, 1.82) is 0 Å². The summed E-state index contributed by atoms with van der Waals surface area (Å²) in [5.74, 6) is 0.310. The number of hydrogen-bond donors (Lipinski definition) is 1. The molecule has 1 atom stereocenters. The van der Waals surface area contributed by atoms with E-state index in [1.54, 1.807) is 25.4 Å². The monoisotopic (exact) mass is 288 g/mol. The molecule has 0 bridgehead atoms. The van der Waals surface area contributed by atoms with E-state index in [0.29, 0.717) is 11.3 Å². The van der Waals surface area contributed by atoms with E-state index in [1.165, 1.54) is 6.07 Å². The number of aryl methyl sites for hydroxylation is 1. The van der Waals surface area contributed by atoms with Crippen molar-refractivity contribution in [3.63, 3.8) is 0 Å². The van der Waals surface area contributed by atoms with Gasteiger partial charge in [-0.1, -0.05) is 19.1 Å². The normalized spacial score (nSPS) is 12.1. The van der Waals surface area contributed by atoms with Crippen molar-refractivity contribution in [2.45, 2.75) is 25.8 Å². The molecule has 0 fully saturated rings. The zero-order chi connectivity index (χ0) is 15.1. The Morgan fingerprint density at radius 1 is 1.33 bits per heavy atom. The molecular formula is C17H21FN2O. The highest BCUT2D eigenvalue weighted by atomic mass is 19.1. The Morgan fingerprint density at radius 2 is 2.19 bits per heavy atom. The second-order valence-electron chi connectivity index (χ2n) is 4.90. The first-order chi connectivity index (χ1) is 10.2. The van der Waals surface area contributed by atoms with Gasteiger partial charge in [0.2, 0.25) is 0 Å². The van der Waals surface area contributed by atoms with Gasteiger partial charge >= 0.3 is 0 Å². The topological polar surface area (TPSA) is 34.2 Å². The van der Waals surface area contributed by atoms with Crippen LogP contribution in [-0.4, -0.2) is 18.6 Å². The molecule has 0 saturated heterocycles. The van der Waals surface area contributed by atoms with E-state index < -0.39 is 0 Å². The van der Waals surface area contributed by atoms with Gasteiger partial charge in [0.25, 0.3) is 0 Å². The van der Waals surface area contributed by atoms with Crippen LogP contribution in [0.25, 0.3) is 0 Å². The second-order valence-corrected chi connectivity index (χ2v) is 4.90. The third-order valence-electron chi connectivity index (χ3n) is 3.48. The smallest absolute Gasteiger partial charge is 0.131 e. The highest BCUT2D eigenvalue weighted by Crippen LogP contribution is 2.25. The highest BCUT2D eigenvalue weighted by molar-refractivity contribution is 5.31. The fourth-order valence-electron chi connectivity index (χ4n) is 2.39. The van der Waals surface area contributed by atoms with Crippen molar-refractivity contribution < 1.29 is 9.13 Å². The lowest BCUT2D eigenvalue weighted by molar-refractivity contribution is 0.408. The number of nitrogens with one attached hydrogen (secondary N) is 1. The summed E-state index contributed by atoms with van der Waals surface area (Å²) < 4.78 is 19.3. The van der Waals surface area contributed by atoms with Crippen LogP contribution in [0, 0.1) is 5.82 Å². The standard InChI is InChI=1S/C17H21FN2O/c1-3-20-17(9-6-13-5-4-10-19-12-13)15-8-7-14(21-2)11-16(15)18/h4-5,7-8,10-12,17,20H,3,6,9H2,1-2H3. The van der Waals surface area contributed by atoms with Gasteiger partial charge in [-0.15, -0.1) is 0 Å². The van der Waals surface area contributed by atoms with Crippen LogP contribution in [0.15, 0.2) is 42.7 Å². The fourth-order valence-corrected chi connectivity index (χ4v) is 2.39. The van der Waals surface area contributed by atoms with Crippen LogP contribution in [0.4, 0.5) is 4.39 Å². The third-order valence-corrected chi connectivity index (χ3v) is 3.48. The van der Waals surface area contributed by atoms with Crippen molar-refractivity contribution in [1.82, 2.24) is 10.3 Å². The molecule has 2 rings (SSSR count). The van der Waals surface area contributed by atoms with Crippen molar-refractivity contribution in [3.05, 3.63) is 59.7 Å². The molecule has 21 heavy (non-hydrogen) atoms. The number of aromatic nitrogens is 1. The van der Waals surface area contributed by atoms with Gasteiger partial charge in [-0.3, -0.25) is 4.98 Å². The van der Waals surface area contributed by atoms with Gasteiger partial charge in [-0.25, -0.2) is 4.39 Å². The predicted octanol–water partition coefficient (Wildman–Crippen LogP) is 3.51. The van der Waals surface area contributed by atoms with E-state index in [2.05, 4.69) is 10.3 Å². The Labute approximate surface area is 125 Å². The van der Waals surface area contributed by atoms with Crippen LogP contribution < -0.4 is 10.1 Å². The molecule has 0 aliphatic heterocycles. The summed E-state index contributed by atoms with van der Waals surface area (Å²) in [6.07, 6.45) is 5.29. The van der Waals surface area contributed by atoms with Crippen molar-refractivity contribution in [2.24, 2.45) is 0 Å². The number of methoxy groups -OCH3 is 1. The zero-order valence-corrected chi connectivity index (χ0v) is 12.5. The molecule has 0 saturated carbocycles. The maximum Gasteiger partial charge on any atom is 0.131 e. The Balaban J connectivity index is 2.11. The SMILES string of the molecule is CCNC(CCc1cccnc1)c1ccc(OC)cc1F. The lowest BCUT2D eigenvalue weighted by Gasteiger charge is -2.19. The van der Waals surface area contributed by atoms with E-state index in [1.807, 2.05) is 25.3 Å². The Morgan fingerprint density at radius 3 is 2.81 bits per heavy atom. The number of benzene rings is 1. The molecule has 0 amide bonds. The second kappa shape index (κ2) is 7.74. The van der Waals surface area contributed by atoms with Crippen LogP contribution in [0.5, 0.6) is 5.75 Å². The highest BCUT2D eigenvalue weighted by Gasteiger charge is 2.15. The van der Waals surface area contributed by atoms with Crippen molar-refractivity contribution >= 4 is 0 Å². The van der Waals surface area contributed by atoms with Crippen LogP contribution in [-0.2, 0) is 6.42 Å². The van der Waals surface area contributed by atoms with Gasteiger partial charge in [0.15, 0.2) is 0 Å². The molecule has 1 heterocycles. The largest absolute Gasteiger partial charge is 0.497 e. The zero-order valence-electron chi connectivity index (χ0n) is 12.5.